The second-order valence-electron chi connectivity index (χ2n) is 7.37. The number of amides is 1. The summed E-state index contributed by atoms with van der Waals surface area (Å²) >= 11 is 0. The number of aromatic hydroxyl groups is 1. The van der Waals surface area contributed by atoms with Crippen LogP contribution in [0.3, 0.4) is 0 Å². The van der Waals surface area contributed by atoms with Crippen LogP contribution in [0.1, 0.15) is 42.7 Å². The Hall–Kier alpha value is -3.35. The Morgan fingerprint density at radius 1 is 0.963 bits per heavy atom. The molecule has 7 nitrogen and oxygen atoms in total. The molecule has 1 atom stereocenters. The maximum atomic E-state index is 11.4. The van der Waals surface area contributed by atoms with Gasteiger partial charge in [-0.3, -0.25) is 21.3 Å². The van der Waals surface area contributed by atoms with Crippen LogP contribution in [0.25, 0.3) is 0 Å². The predicted molar refractivity (Wildman–Crippen MR) is 105 cm³/mol. The van der Waals surface area contributed by atoms with Gasteiger partial charge in [-0.15, -0.1) is 0 Å². The molecule has 2 aromatic rings. The highest BCUT2D eigenvalue weighted by Gasteiger charge is 2.30. The molecule has 0 spiro atoms. The molecular formula is C20H27N5O2+2. The van der Waals surface area contributed by atoms with Crippen LogP contribution in [0, 0.1) is 5.41 Å². The molecule has 2 rings (SSSR count). The minimum Gasteiger partial charge on any atom is -0.503 e. The van der Waals surface area contributed by atoms with Gasteiger partial charge in [0.25, 0.3) is 5.91 Å². The second kappa shape index (κ2) is 7.90. The van der Waals surface area contributed by atoms with E-state index in [9.17, 15) is 9.90 Å². The first kappa shape index (κ1) is 20.0. The van der Waals surface area contributed by atoms with Gasteiger partial charge >= 0.3 is 11.7 Å². The number of para-hydroxylation sites is 1. The Kier molecular flexibility index (Phi) is 5.85. The fourth-order valence-corrected chi connectivity index (χ4v) is 2.73. The molecule has 0 aliphatic rings. The highest BCUT2D eigenvalue weighted by atomic mass is 16.3. The molecule has 0 saturated heterocycles. The average Bonchev–Trinajstić information content (AvgIpc) is 2.60. The first-order chi connectivity index (χ1) is 12.6. The summed E-state index contributed by atoms with van der Waals surface area (Å²) in [5.41, 5.74) is 18.6. The minimum atomic E-state index is -0.735. The van der Waals surface area contributed by atoms with Gasteiger partial charge in [-0.1, -0.05) is 57.2 Å². The van der Waals surface area contributed by atoms with E-state index in [-0.39, 0.29) is 40.1 Å². The Morgan fingerprint density at radius 2 is 1.59 bits per heavy atom. The van der Waals surface area contributed by atoms with Crippen LogP contribution in [0.15, 0.2) is 48.5 Å². The van der Waals surface area contributed by atoms with Gasteiger partial charge in [0.05, 0.1) is 5.56 Å². The lowest BCUT2D eigenvalue weighted by molar-refractivity contribution is -0.530. The standard InChI is InChI=1S/C20H25N5O2/c1-20(2,3)16(12-8-5-4-6-9-12)25-18(22)17(21)24-14-11-7-10-13(15(14)26)19(23)27/h4-11,16,26H,1-3H3,(H2,21,24)(H2,22,25)(H2,23,27)/p+2/t16-/m0/s1. The van der Waals surface area contributed by atoms with Crippen LogP contribution in [-0.2, 0) is 0 Å². The molecule has 142 valence electrons. The van der Waals surface area contributed by atoms with Gasteiger partial charge in [0, 0.05) is 5.41 Å². The van der Waals surface area contributed by atoms with Crippen molar-refractivity contribution in [3.05, 3.63) is 59.7 Å². The van der Waals surface area contributed by atoms with Crippen LogP contribution in [0.5, 0.6) is 5.75 Å². The van der Waals surface area contributed by atoms with E-state index < -0.39 is 5.91 Å². The fraction of sp³-hybridized carbons (Fsp3) is 0.250. The molecule has 7 heteroatoms. The topological polar surface area (TPSA) is 143 Å². The Bertz CT molecular complexity index is 883. The predicted octanol–water partition coefficient (Wildman–Crippen LogP) is -1.21. The number of carbonyl (C=O) groups is 1. The van der Waals surface area contributed by atoms with E-state index in [4.69, 9.17) is 17.2 Å². The van der Waals surface area contributed by atoms with Crippen LogP contribution < -0.4 is 27.2 Å². The molecule has 9 N–H and O–H groups in total. The molecule has 0 aliphatic heterocycles. The molecule has 0 fully saturated rings. The van der Waals surface area contributed by atoms with Crippen molar-refractivity contribution in [2.24, 2.45) is 22.6 Å². The third-order valence-electron chi connectivity index (χ3n) is 4.16. The zero-order valence-corrected chi connectivity index (χ0v) is 15.8. The number of carbonyl (C=O) groups excluding carboxylic acids is 1. The van der Waals surface area contributed by atoms with Gasteiger partial charge in [-0.2, -0.15) is 0 Å². The molecule has 2 aromatic carbocycles. The van der Waals surface area contributed by atoms with Crippen molar-refractivity contribution in [2.75, 3.05) is 0 Å². The number of primary amides is 1. The lowest BCUT2D eigenvalue weighted by Crippen LogP contribution is -2.86. The second-order valence-corrected chi connectivity index (χ2v) is 7.37. The maximum Gasteiger partial charge on any atom is 0.361 e. The van der Waals surface area contributed by atoms with E-state index in [2.05, 4.69) is 30.8 Å². The van der Waals surface area contributed by atoms with Crippen molar-refractivity contribution in [1.29, 1.82) is 0 Å². The fourth-order valence-electron chi connectivity index (χ4n) is 2.73. The lowest BCUT2D eigenvalue weighted by atomic mass is 9.83. The van der Waals surface area contributed by atoms with Crippen molar-refractivity contribution in [3.63, 3.8) is 0 Å². The zero-order valence-electron chi connectivity index (χ0n) is 15.8. The first-order valence-corrected chi connectivity index (χ1v) is 8.56. The smallest absolute Gasteiger partial charge is 0.361 e. The highest BCUT2D eigenvalue weighted by Crippen LogP contribution is 2.28. The van der Waals surface area contributed by atoms with Crippen molar-refractivity contribution < 1.29 is 19.9 Å². The number of rotatable bonds is 4. The van der Waals surface area contributed by atoms with Crippen LogP contribution in [0.2, 0.25) is 0 Å². The van der Waals surface area contributed by atoms with Crippen molar-refractivity contribution >= 4 is 23.3 Å². The summed E-state index contributed by atoms with van der Waals surface area (Å²) in [7, 11) is 0. The third-order valence-corrected chi connectivity index (χ3v) is 4.16. The van der Waals surface area contributed by atoms with Crippen LogP contribution in [-0.4, -0.2) is 22.7 Å². The Labute approximate surface area is 158 Å². The molecule has 0 heterocycles. The molecular weight excluding hydrogens is 342 g/mol. The molecule has 0 unspecified atom stereocenters. The Balaban J connectivity index is 2.43. The average molecular weight is 369 g/mol. The van der Waals surface area contributed by atoms with Gasteiger partial charge in [0.1, 0.15) is 6.04 Å². The number of hydrogen-bond acceptors (Lipinski definition) is 2. The molecule has 0 bridgehead atoms. The first-order valence-electron chi connectivity index (χ1n) is 8.56. The number of nitrogens with one attached hydrogen (secondary N) is 2. The summed E-state index contributed by atoms with van der Waals surface area (Å²) in [6.07, 6.45) is 0. The molecule has 1 amide bonds. The molecule has 0 aliphatic carbocycles. The molecule has 0 aromatic heterocycles. The van der Waals surface area contributed by atoms with Gasteiger partial charge in [0.2, 0.25) is 0 Å². The van der Waals surface area contributed by atoms with E-state index in [0.29, 0.717) is 0 Å². The van der Waals surface area contributed by atoms with Crippen LogP contribution >= 0.6 is 0 Å². The summed E-state index contributed by atoms with van der Waals surface area (Å²) in [6.45, 7) is 6.28. The quantitative estimate of drug-likeness (QED) is 0.228. The number of nitrogens with two attached hydrogens (primary N) is 3. The van der Waals surface area contributed by atoms with Gasteiger partial charge in [0.15, 0.2) is 11.4 Å². The van der Waals surface area contributed by atoms with Gasteiger partial charge in [-0.25, -0.2) is 4.99 Å². The maximum absolute atomic E-state index is 11.4. The largest absolute Gasteiger partial charge is 0.503 e. The summed E-state index contributed by atoms with van der Waals surface area (Å²) in [4.78, 5) is 17.4. The van der Waals surface area contributed by atoms with Crippen molar-refractivity contribution in [3.8, 4) is 5.75 Å². The molecule has 27 heavy (non-hydrogen) atoms. The summed E-state index contributed by atoms with van der Waals surface area (Å²) in [5.74, 6) is -0.669. The number of phenols is 1. The monoisotopic (exact) mass is 369 g/mol. The van der Waals surface area contributed by atoms with E-state index >= 15 is 0 Å². The van der Waals surface area contributed by atoms with E-state index in [1.54, 1.807) is 12.1 Å². The van der Waals surface area contributed by atoms with E-state index in [0.717, 1.165) is 5.56 Å². The minimum absolute atomic E-state index is 0.00353. The summed E-state index contributed by atoms with van der Waals surface area (Å²) in [5, 5.41) is 10.2. The number of hydrogen-bond donors (Lipinski definition) is 6. The summed E-state index contributed by atoms with van der Waals surface area (Å²) < 4.78 is 0. The number of amidine groups is 2. The summed E-state index contributed by atoms with van der Waals surface area (Å²) in [6, 6.07) is 14.4. The van der Waals surface area contributed by atoms with Crippen LogP contribution in [0.4, 0.5) is 5.69 Å². The van der Waals surface area contributed by atoms with Crippen molar-refractivity contribution in [1.82, 2.24) is 0 Å². The molecule has 0 radical (unpaired) electrons. The zero-order chi connectivity index (χ0) is 20.2. The number of benzene rings is 2. The van der Waals surface area contributed by atoms with Gasteiger partial charge < -0.3 is 10.8 Å². The van der Waals surface area contributed by atoms with E-state index in [1.807, 2.05) is 30.3 Å². The SMILES string of the molecule is CC(C)(C)[C@@H]([NH+]=C(N)C(N)=[NH+]c1cccc(C(N)=O)c1O)c1ccccc1. The third kappa shape index (κ3) is 4.84. The van der Waals surface area contributed by atoms with Crippen molar-refractivity contribution in [2.45, 2.75) is 26.8 Å². The van der Waals surface area contributed by atoms with Gasteiger partial charge in [-0.05, 0) is 17.7 Å². The van der Waals surface area contributed by atoms with E-state index in [1.165, 1.54) is 6.07 Å². The normalized spacial score (nSPS) is 14.0. The Morgan fingerprint density at radius 3 is 2.15 bits per heavy atom. The highest BCUT2D eigenvalue weighted by molar-refractivity contribution is 6.34. The lowest BCUT2D eigenvalue weighted by Gasteiger charge is -2.25. The molecule has 0 saturated carbocycles.